The maximum Gasteiger partial charge on any atom is 0.145 e. The third-order valence-electron chi connectivity index (χ3n) is 3.63. The van der Waals surface area contributed by atoms with Crippen LogP contribution in [0.15, 0.2) is 73.2 Å². The van der Waals surface area contributed by atoms with Gasteiger partial charge >= 0.3 is 0 Å². The van der Waals surface area contributed by atoms with Crippen molar-refractivity contribution in [2.75, 3.05) is 5.32 Å². The van der Waals surface area contributed by atoms with Crippen LogP contribution in [0.2, 0.25) is 0 Å². The molecule has 4 rings (SSSR count). The predicted octanol–water partition coefficient (Wildman–Crippen LogP) is 3.43. The summed E-state index contributed by atoms with van der Waals surface area (Å²) in [6.45, 7) is 0.578. The summed E-state index contributed by atoms with van der Waals surface area (Å²) in [6, 6.07) is 18.0. The fourth-order valence-corrected chi connectivity index (χ4v) is 2.50. The predicted molar refractivity (Wildman–Crippen MR) is 90.4 cm³/mol. The van der Waals surface area contributed by atoms with Crippen molar-refractivity contribution < 1.29 is 0 Å². The van der Waals surface area contributed by atoms with Gasteiger partial charge in [0, 0.05) is 18.1 Å². The molecular weight excluding hydrogens is 286 g/mol. The molecule has 0 saturated carbocycles. The van der Waals surface area contributed by atoms with Gasteiger partial charge in [0.05, 0.1) is 23.8 Å². The zero-order valence-electron chi connectivity index (χ0n) is 12.4. The normalized spacial score (nSPS) is 10.8. The third-order valence-corrected chi connectivity index (χ3v) is 3.63. The lowest BCUT2D eigenvalue weighted by Crippen LogP contribution is -2.08. The molecule has 0 saturated heterocycles. The van der Waals surface area contributed by atoms with Crippen molar-refractivity contribution in [3.63, 3.8) is 0 Å². The number of rotatable bonds is 4. The van der Waals surface area contributed by atoms with E-state index in [0.29, 0.717) is 6.54 Å². The Balaban J connectivity index is 1.56. The molecule has 0 aliphatic carbocycles. The Morgan fingerprint density at radius 1 is 0.870 bits per heavy atom. The van der Waals surface area contributed by atoms with Crippen molar-refractivity contribution in [2.24, 2.45) is 0 Å². The van der Waals surface area contributed by atoms with Crippen LogP contribution in [-0.4, -0.2) is 19.5 Å². The van der Waals surface area contributed by atoms with Gasteiger partial charge in [-0.05, 0) is 24.3 Å². The maximum absolute atomic E-state index is 4.57. The molecule has 2 aromatic heterocycles. The van der Waals surface area contributed by atoms with Gasteiger partial charge in [-0.1, -0.05) is 30.3 Å². The Labute approximate surface area is 133 Å². The Kier molecular flexibility index (Phi) is 3.44. The Morgan fingerprint density at radius 3 is 2.52 bits per heavy atom. The molecule has 112 valence electrons. The van der Waals surface area contributed by atoms with Crippen LogP contribution in [0, 0.1) is 0 Å². The van der Waals surface area contributed by atoms with E-state index in [1.807, 2.05) is 48.7 Å². The summed E-state index contributed by atoms with van der Waals surface area (Å²) in [4.78, 5) is 13.4. The van der Waals surface area contributed by atoms with Gasteiger partial charge < -0.3 is 9.88 Å². The molecule has 0 aliphatic heterocycles. The number of hydrogen-bond donors (Lipinski definition) is 1. The van der Waals surface area contributed by atoms with Crippen LogP contribution in [0.1, 0.15) is 5.82 Å². The smallest absolute Gasteiger partial charge is 0.145 e. The van der Waals surface area contributed by atoms with E-state index in [-0.39, 0.29) is 0 Å². The van der Waals surface area contributed by atoms with Crippen molar-refractivity contribution in [1.29, 1.82) is 0 Å². The summed E-state index contributed by atoms with van der Waals surface area (Å²) < 4.78 is 2.06. The molecule has 0 aliphatic rings. The maximum atomic E-state index is 4.57. The lowest BCUT2D eigenvalue weighted by molar-refractivity contribution is 0.894. The third kappa shape index (κ3) is 2.76. The van der Waals surface area contributed by atoms with Crippen LogP contribution >= 0.6 is 0 Å². The van der Waals surface area contributed by atoms with Crippen LogP contribution in [0.4, 0.5) is 5.82 Å². The van der Waals surface area contributed by atoms with E-state index in [1.54, 1.807) is 12.4 Å². The van der Waals surface area contributed by atoms with Crippen LogP contribution in [0.5, 0.6) is 0 Å². The molecule has 5 heteroatoms. The minimum atomic E-state index is 0.578. The molecule has 2 aromatic carbocycles. The van der Waals surface area contributed by atoms with E-state index >= 15 is 0 Å². The van der Waals surface area contributed by atoms with E-state index in [0.717, 1.165) is 28.4 Å². The zero-order chi connectivity index (χ0) is 15.5. The Bertz CT molecular complexity index is 930. The van der Waals surface area contributed by atoms with Gasteiger partial charge in [0.2, 0.25) is 0 Å². The Hall–Kier alpha value is -3.21. The van der Waals surface area contributed by atoms with E-state index in [9.17, 15) is 0 Å². The number of benzene rings is 2. The quantitative estimate of drug-likeness (QED) is 0.627. The first-order chi connectivity index (χ1) is 11.4. The van der Waals surface area contributed by atoms with E-state index < -0.39 is 0 Å². The molecule has 2 heterocycles. The van der Waals surface area contributed by atoms with E-state index in [4.69, 9.17) is 0 Å². The largest absolute Gasteiger partial charge is 0.362 e. The second-order valence-electron chi connectivity index (χ2n) is 5.15. The van der Waals surface area contributed by atoms with E-state index in [2.05, 4.69) is 37.0 Å². The summed E-state index contributed by atoms with van der Waals surface area (Å²) in [6.07, 6.45) is 5.51. The first-order valence-corrected chi connectivity index (χ1v) is 7.43. The van der Waals surface area contributed by atoms with Crippen molar-refractivity contribution in [2.45, 2.75) is 6.54 Å². The average molecular weight is 301 g/mol. The molecule has 0 fully saturated rings. The molecule has 4 aromatic rings. The van der Waals surface area contributed by atoms with E-state index in [1.165, 1.54) is 0 Å². The fraction of sp³-hybridized carbons (Fsp3) is 0.0556. The minimum Gasteiger partial charge on any atom is -0.362 e. The van der Waals surface area contributed by atoms with Gasteiger partial charge in [-0.2, -0.15) is 0 Å². The number of anilines is 1. The van der Waals surface area contributed by atoms with Crippen molar-refractivity contribution in [3.8, 4) is 5.69 Å². The molecule has 0 amide bonds. The summed E-state index contributed by atoms with van der Waals surface area (Å²) in [5.74, 6) is 1.66. The van der Waals surface area contributed by atoms with Gasteiger partial charge in [0.15, 0.2) is 0 Å². The molecule has 0 unspecified atom stereocenters. The van der Waals surface area contributed by atoms with Crippen LogP contribution in [0.25, 0.3) is 16.7 Å². The van der Waals surface area contributed by atoms with Gasteiger partial charge in [0.25, 0.3) is 0 Å². The number of hydrogen-bond acceptors (Lipinski definition) is 4. The van der Waals surface area contributed by atoms with Gasteiger partial charge in [-0.3, -0.25) is 4.98 Å². The molecule has 1 N–H and O–H groups in total. The molecule has 0 spiro atoms. The fourth-order valence-electron chi connectivity index (χ4n) is 2.50. The van der Waals surface area contributed by atoms with Crippen molar-refractivity contribution in [1.82, 2.24) is 19.5 Å². The number of imidazole rings is 1. The second-order valence-corrected chi connectivity index (χ2v) is 5.15. The zero-order valence-corrected chi connectivity index (χ0v) is 12.4. The number of aromatic nitrogens is 4. The molecule has 23 heavy (non-hydrogen) atoms. The summed E-state index contributed by atoms with van der Waals surface area (Å²) in [5.41, 5.74) is 2.86. The summed E-state index contributed by atoms with van der Waals surface area (Å²) in [7, 11) is 0. The standard InChI is InChI=1S/C18H15N5/c1-2-6-14(7-3-1)23-11-10-19-18(23)13-21-17-12-20-15-8-4-5-9-16(15)22-17/h1-12H,13H2,(H,21,22). The lowest BCUT2D eigenvalue weighted by atomic mass is 10.3. The Morgan fingerprint density at radius 2 is 1.65 bits per heavy atom. The monoisotopic (exact) mass is 301 g/mol. The van der Waals surface area contributed by atoms with Crippen LogP contribution in [0.3, 0.4) is 0 Å². The van der Waals surface area contributed by atoms with Crippen molar-refractivity contribution in [3.05, 3.63) is 79.0 Å². The van der Waals surface area contributed by atoms with Gasteiger partial charge in [-0.25, -0.2) is 9.97 Å². The summed E-state index contributed by atoms with van der Waals surface area (Å²) in [5, 5.41) is 3.29. The highest BCUT2D eigenvalue weighted by Gasteiger charge is 2.05. The first-order valence-electron chi connectivity index (χ1n) is 7.43. The average Bonchev–Trinajstić information content (AvgIpc) is 3.09. The molecule has 0 atom stereocenters. The molecule has 0 radical (unpaired) electrons. The highest BCUT2D eigenvalue weighted by molar-refractivity contribution is 5.75. The SMILES string of the molecule is c1ccc(-n2ccnc2CNc2cnc3ccccc3n2)cc1. The first kappa shape index (κ1) is 13.5. The van der Waals surface area contributed by atoms with Gasteiger partial charge in [-0.15, -0.1) is 0 Å². The molecule has 5 nitrogen and oxygen atoms in total. The van der Waals surface area contributed by atoms with Gasteiger partial charge in [0.1, 0.15) is 11.6 Å². The molecule has 0 bridgehead atoms. The second kappa shape index (κ2) is 5.88. The van der Waals surface area contributed by atoms with Crippen LogP contribution in [-0.2, 0) is 6.54 Å². The number of nitrogens with one attached hydrogen (secondary N) is 1. The van der Waals surface area contributed by atoms with Crippen LogP contribution < -0.4 is 5.32 Å². The number of fused-ring (bicyclic) bond motifs is 1. The molecular formula is C18H15N5. The highest BCUT2D eigenvalue weighted by Crippen LogP contribution is 2.14. The van der Waals surface area contributed by atoms with Crippen molar-refractivity contribution >= 4 is 16.9 Å². The number of para-hydroxylation sites is 3. The highest BCUT2D eigenvalue weighted by atomic mass is 15.1. The topological polar surface area (TPSA) is 55.6 Å². The lowest BCUT2D eigenvalue weighted by Gasteiger charge is -2.09. The summed E-state index contributed by atoms with van der Waals surface area (Å²) >= 11 is 0. The minimum absolute atomic E-state index is 0.578. The number of nitrogens with zero attached hydrogens (tertiary/aromatic N) is 4.